The molecule has 0 spiro atoms. The molecule has 0 amide bonds. The summed E-state index contributed by atoms with van der Waals surface area (Å²) in [5.41, 5.74) is 9.36. The molecule has 1 aromatic carbocycles. The lowest BCUT2D eigenvalue weighted by molar-refractivity contribution is -0.137. The highest BCUT2D eigenvalue weighted by Crippen LogP contribution is 2.49. The highest BCUT2D eigenvalue weighted by molar-refractivity contribution is 5.90. The van der Waals surface area contributed by atoms with E-state index >= 15 is 0 Å². The molecule has 1 aliphatic rings. The molecule has 0 atom stereocenters. The molecule has 6 heteroatoms. The fraction of sp³-hybridized carbons (Fsp3) is 0.500. The van der Waals surface area contributed by atoms with Crippen LogP contribution in [0.3, 0.4) is 0 Å². The molecular weight excluding hydrogens is 308 g/mol. The number of methoxy groups -OCH3 is 2. The van der Waals surface area contributed by atoms with Gasteiger partial charge in [0.25, 0.3) is 0 Å². The number of rotatable bonds is 6. The van der Waals surface area contributed by atoms with Gasteiger partial charge in [0.1, 0.15) is 11.4 Å². The summed E-state index contributed by atoms with van der Waals surface area (Å²) in [6.07, 6.45) is 2.85. The van der Waals surface area contributed by atoms with E-state index in [9.17, 15) is 4.79 Å². The number of nitrogens with two attached hydrogens (primary N) is 1. The smallest absolute Gasteiger partial charge is 0.303 e. The number of nitrogen functional groups attached to an aromatic ring is 1. The third-order valence-corrected chi connectivity index (χ3v) is 4.41. The molecule has 1 aromatic rings. The number of benzene rings is 1. The lowest BCUT2D eigenvalue weighted by atomic mass is 9.87. The molecule has 0 radical (unpaired) electrons. The van der Waals surface area contributed by atoms with Gasteiger partial charge in [-0.2, -0.15) is 0 Å². The fourth-order valence-corrected chi connectivity index (χ4v) is 3.40. The van der Waals surface area contributed by atoms with Gasteiger partial charge < -0.3 is 25.2 Å². The standard InChI is InChI=1S/C18H26N2O4/c1-11-10-18(2,3)20(8-6-7-14(21)22)12-9-13(23-4)16(19)17(24-5)15(11)12/h9-10H,6-8,19H2,1-5H3,(H,21,22). The minimum atomic E-state index is -0.788. The SMILES string of the molecule is COc1cc2c(c(OC)c1N)C(C)=CC(C)(C)N2CCCC(=O)O. The lowest BCUT2D eigenvalue weighted by Gasteiger charge is -2.44. The molecule has 6 nitrogen and oxygen atoms in total. The molecule has 2 rings (SSSR count). The van der Waals surface area contributed by atoms with Crippen LogP contribution in [0.4, 0.5) is 11.4 Å². The summed E-state index contributed by atoms with van der Waals surface area (Å²) >= 11 is 0. The van der Waals surface area contributed by atoms with Gasteiger partial charge >= 0.3 is 5.97 Å². The van der Waals surface area contributed by atoms with Crippen molar-refractivity contribution in [1.82, 2.24) is 0 Å². The van der Waals surface area contributed by atoms with Crippen LogP contribution in [-0.4, -0.2) is 37.4 Å². The average molecular weight is 334 g/mol. The Morgan fingerprint density at radius 3 is 2.54 bits per heavy atom. The minimum absolute atomic E-state index is 0.133. The van der Waals surface area contributed by atoms with Gasteiger partial charge in [0.05, 0.1) is 25.4 Å². The highest BCUT2D eigenvalue weighted by atomic mass is 16.5. The van der Waals surface area contributed by atoms with Crippen molar-refractivity contribution in [3.05, 3.63) is 17.7 Å². The monoisotopic (exact) mass is 334 g/mol. The molecule has 0 unspecified atom stereocenters. The normalized spacial score (nSPS) is 15.5. The summed E-state index contributed by atoms with van der Waals surface area (Å²) < 4.78 is 11.0. The van der Waals surface area contributed by atoms with Gasteiger partial charge in [-0.3, -0.25) is 4.79 Å². The van der Waals surface area contributed by atoms with Crippen LogP contribution >= 0.6 is 0 Å². The maximum atomic E-state index is 10.9. The number of carboxylic acids is 1. The van der Waals surface area contributed by atoms with Gasteiger partial charge in [0, 0.05) is 24.6 Å². The number of aliphatic carboxylic acids is 1. The van der Waals surface area contributed by atoms with Crippen molar-refractivity contribution in [2.24, 2.45) is 0 Å². The van der Waals surface area contributed by atoms with Crippen LogP contribution in [0.1, 0.15) is 39.2 Å². The summed E-state index contributed by atoms with van der Waals surface area (Å²) in [4.78, 5) is 13.0. The second-order valence-corrected chi connectivity index (χ2v) is 6.55. The topological polar surface area (TPSA) is 85.0 Å². The molecule has 1 heterocycles. The number of ether oxygens (including phenoxy) is 2. The van der Waals surface area contributed by atoms with Crippen molar-refractivity contribution in [3.8, 4) is 11.5 Å². The third-order valence-electron chi connectivity index (χ3n) is 4.41. The zero-order valence-corrected chi connectivity index (χ0v) is 15.0. The van der Waals surface area contributed by atoms with E-state index in [1.54, 1.807) is 14.2 Å². The molecule has 0 saturated carbocycles. The molecule has 132 valence electrons. The molecule has 24 heavy (non-hydrogen) atoms. The first-order valence-electron chi connectivity index (χ1n) is 7.96. The quantitative estimate of drug-likeness (QED) is 0.777. The van der Waals surface area contributed by atoms with Gasteiger partial charge in [-0.1, -0.05) is 6.08 Å². The van der Waals surface area contributed by atoms with Crippen LogP contribution in [0.15, 0.2) is 12.1 Å². The van der Waals surface area contributed by atoms with E-state index in [4.69, 9.17) is 20.3 Å². The zero-order valence-electron chi connectivity index (χ0n) is 15.0. The fourth-order valence-electron chi connectivity index (χ4n) is 3.40. The van der Waals surface area contributed by atoms with E-state index in [1.165, 1.54) is 0 Å². The Morgan fingerprint density at radius 1 is 1.33 bits per heavy atom. The number of nitrogens with zero attached hydrogens (tertiary/aromatic N) is 1. The van der Waals surface area contributed by atoms with E-state index in [0.29, 0.717) is 30.2 Å². The van der Waals surface area contributed by atoms with E-state index < -0.39 is 5.97 Å². The molecular formula is C18H26N2O4. The molecule has 3 N–H and O–H groups in total. The second kappa shape index (κ2) is 6.63. The summed E-state index contributed by atoms with van der Waals surface area (Å²) in [5.74, 6) is 0.361. The number of hydrogen-bond acceptors (Lipinski definition) is 5. The predicted molar refractivity (Wildman–Crippen MR) is 95.9 cm³/mol. The summed E-state index contributed by atoms with van der Waals surface area (Å²) in [6.45, 7) is 6.86. The Kier molecular flexibility index (Phi) is 4.96. The zero-order chi connectivity index (χ0) is 18.1. The number of allylic oxidation sites excluding steroid dienone is 1. The Labute approximate surface area is 142 Å². The van der Waals surface area contributed by atoms with Gasteiger partial charge in [-0.15, -0.1) is 0 Å². The lowest BCUT2D eigenvalue weighted by Crippen LogP contribution is -2.45. The van der Waals surface area contributed by atoms with Crippen molar-refractivity contribution in [3.63, 3.8) is 0 Å². The molecule has 0 saturated heterocycles. The largest absolute Gasteiger partial charge is 0.494 e. The number of hydrogen-bond donors (Lipinski definition) is 2. The molecule has 0 fully saturated rings. The van der Waals surface area contributed by atoms with Gasteiger partial charge in [0.15, 0.2) is 5.75 Å². The number of carboxylic acid groups (broad SMARTS) is 1. The first-order chi connectivity index (χ1) is 11.2. The van der Waals surface area contributed by atoms with E-state index in [2.05, 4.69) is 24.8 Å². The minimum Gasteiger partial charge on any atom is -0.494 e. The second-order valence-electron chi connectivity index (χ2n) is 6.55. The Bertz CT molecular complexity index is 680. The van der Waals surface area contributed by atoms with Gasteiger partial charge in [-0.25, -0.2) is 0 Å². The average Bonchev–Trinajstić information content (AvgIpc) is 2.49. The first kappa shape index (κ1) is 18.0. The number of carbonyl (C=O) groups is 1. The molecule has 0 aliphatic carbocycles. The van der Waals surface area contributed by atoms with Crippen LogP contribution < -0.4 is 20.1 Å². The highest BCUT2D eigenvalue weighted by Gasteiger charge is 2.34. The molecule has 1 aliphatic heterocycles. The van der Waals surface area contributed by atoms with Gasteiger partial charge in [-0.05, 0) is 32.8 Å². The third kappa shape index (κ3) is 3.13. The number of fused-ring (bicyclic) bond motifs is 1. The molecule has 0 aromatic heterocycles. The van der Waals surface area contributed by atoms with Crippen molar-refractivity contribution in [2.45, 2.75) is 39.2 Å². The first-order valence-corrected chi connectivity index (χ1v) is 7.96. The summed E-state index contributed by atoms with van der Waals surface area (Å²) in [6, 6.07) is 1.91. The molecule has 0 bridgehead atoms. The Hall–Kier alpha value is -2.37. The van der Waals surface area contributed by atoms with Crippen molar-refractivity contribution in [1.29, 1.82) is 0 Å². The van der Waals surface area contributed by atoms with Gasteiger partial charge in [0.2, 0.25) is 0 Å². The summed E-state index contributed by atoms with van der Waals surface area (Å²) in [5, 5.41) is 8.92. The van der Waals surface area contributed by atoms with Crippen molar-refractivity contribution in [2.75, 3.05) is 31.4 Å². The van der Waals surface area contributed by atoms with Crippen LogP contribution in [0.25, 0.3) is 5.57 Å². The van der Waals surface area contributed by atoms with Crippen LogP contribution in [0.2, 0.25) is 0 Å². The van der Waals surface area contributed by atoms with Crippen molar-refractivity contribution >= 4 is 22.9 Å². The van der Waals surface area contributed by atoms with E-state index in [-0.39, 0.29) is 12.0 Å². The Balaban J connectivity index is 2.57. The predicted octanol–water partition coefficient (Wildman–Crippen LogP) is 3.15. The van der Waals surface area contributed by atoms with Crippen molar-refractivity contribution < 1.29 is 19.4 Å². The maximum absolute atomic E-state index is 10.9. The van der Waals surface area contributed by atoms with E-state index in [1.807, 2.05) is 13.0 Å². The van der Waals surface area contributed by atoms with Crippen LogP contribution in [0.5, 0.6) is 11.5 Å². The van der Waals surface area contributed by atoms with Crippen LogP contribution in [0, 0.1) is 0 Å². The van der Waals surface area contributed by atoms with Crippen LogP contribution in [-0.2, 0) is 4.79 Å². The number of anilines is 2. The summed E-state index contributed by atoms with van der Waals surface area (Å²) in [7, 11) is 3.16. The van der Waals surface area contributed by atoms with E-state index in [0.717, 1.165) is 16.8 Å². The maximum Gasteiger partial charge on any atom is 0.303 e. The Morgan fingerprint density at radius 2 is 2.00 bits per heavy atom.